The van der Waals surface area contributed by atoms with Crippen LogP contribution >= 0.6 is 0 Å². The van der Waals surface area contributed by atoms with Gasteiger partial charge in [0.15, 0.2) is 11.5 Å². The van der Waals surface area contributed by atoms with Gasteiger partial charge in [-0.05, 0) is 30.2 Å². The molecule has 0 spiro atoms. The lowest BCUT2D eigenvalue weighted by molar-refractivity contribution is -0.159. The number of ether oxygens (including phenoxy) is 3. The molecule has 0 saturated carbocycles. The summed E-state index contributed by atoms with van der Waals surface area (Å²) in [5.41, 5.74) is 3.19. The lowest BCUT2D eigenvalue weighted by Crippen LogP contribution is -2.48. The predicted octanol–water partition coefficient (Wildman–Crippen LogP) is 2.13. The van der Waals surface area contributed by atoms with E-state index in [0.717, 1.165) is 19.6 Å². The standard InChI is InChI=1S/C22H28N2O4.C2H2O4/c1-16-7-5-6-8-17(16)15-23-9-11-24(12-10-23)22(25)18-13-19(26-2)21(28-4)20(14-18)27-3;3-1(4)2(5)6/h5-8,13-14H,9-12,15H2,1-4H3;(H,3,4)(H,5,6). The highest BCUT2D eigenvalue weighted by atomic mass is 16.5. The zero-order valence-electron chi connectivity index (χ0n) is 19.7. The zero-order chi connectivity index (χ0) is 25.3. The highest BCUT2D eigenvalue weighted by molar-refractivity contribution is 6.27. The number of aryl methyl sites for hydroxylation is 1. The molecule has 34 heavy (non-hydrogen) atoms. The first kappa shape index (κ1) is 26.5. The summed E-state index contributed by atoms with van der Waals surface area (Å²) in [7, 11) is 4.65. The first-order valence-electron chi connectivity index (χ1n) is 10.5. The number of piperazine rings is 1. The van der Waals surface area contributed by atoms with E-state index in [0.29, 0.717) is 35.9 Å². The van der Waals surface area contributed by atoms with Crippen LogP contribution in [0.3, 0.4) is 0 Å². The van der Waals surface area contributed by atoms with Crippen molar-refractivity contribution in [2.24, 2.45) is 0 Å². The second kappa shape index (κ2) is 12.4. The Morgan fingerprint density at radius 2 is 1.38 bits per heavy atom. The third-order valence-corrected chi connectivity index (χ3v) is 5.41. The van der Waals surface area contributed by atoms with Crippen LogP contribution in [-0.4, -0.2) is 85.4 Å². The minimum atomic E-state index is -1.82. The zero-order valence-corrected chi connectivity index (χ0v) is 19.7. The second-order valence-corrected chi connectivity index (χ2v) is 7.52. The van der Waals surface area contributed by atoms with Crippen molar-refractivity contribution in [3.05, 3.63) is 53.1 Å². The van der Waals surface area contributed by atoms with E-state index in [1.54, 1.807) is 33.5 Å². The summed E-state index contributed by atoms with van der Waals surface area (Å²) in [5.74, 6) is -2.20. The third-order valence-electron chi connectivity index (χ3n) is 5.41. The number of benzene rings is 2. The van der Waals surface area contributed by atoms with Crippen LogP contribution in [0.5, 0.6) is 17.2 Å². The number of hydrogen-bond acceptors (Lipinski definition) is 7. The molecular weight excluding hydrogens is 444 g/mol. The number of carboxylic acid groups (broad SMARTS) is 2. The number of rotatable bonds is 6. The molecule has 0 radical (unpaired) electrons. The number of aliphatic carboxylic acids is 2. The van der Waals surface area contributed by atoms with E-state index in [-0.39, 0.29) is 5.91 Å². The molecule has 1 amide bonds. The van der Waals surface area contributed by atoms with E-state index < -0.39 is 11.9 Å². The van der Waals surface area contributed by atoms with Gasteiger partial charge in [0.1, 0.15) is 0 Å². The smallest absolute Gasteiger partial charge is 0.414 e. The topological polar surface area (TPSA) is 126 Å². The molecule has 1 aliphatic rings. The maximum Gasteiger partial charge on any atom is 0.414 e. The average Bonchev–Trinajstić information content (AvgIpc) is 2.84. The van der Waals surface area contributed by atoms with Crippen LogP contribution in [0.25, 0.3) is 0 Å². The highest BCUT2D eigenvalue weighted by Crippen LogP contribution is 2.38. The molecule has 0 aliphatic carbocycles. The molecule has 3 rings (SSSR count). The lowest BCUT2D eigenvalue weighted by Gasteiger charge is -2.35. The monoisotopic (exact) mass is 474 g/mol. The Morgan fingerprint density at radius 1 is 0.853 bits per heavy atom. The van der Waals surface area contributed by atoms with E-state index in [2.05, 4.69) is 36.1 Å². The van der Waals surface area contributed by atoms with Crippen molar-refractivity contribution in [1.82, 2.24) is 9.80 Å². The number of hydrogen-bond donors (Lipinski definition) is 2. The molecule has 0 atom stereocenters. The molecule has 1 saturated heterocycles. The van der Waals surface area contributed by atoms with E-state index in [1.165, 1.54) is 11.1 Å². The maximum absolute atomic E-state index is 13.0. The molecule has 2 aromatic rings. The molecule has 10 heteroatoms. The lowest BCUT2D eigenvalue weighted by atomic mass is 10.1. The molecular formula is C24H30N2O8. The van der Waals surface area contributed by atoms with Gasteiger partial charge in [0.05, 0.1) is 21.3 Å². The van der Waals surface area contributed by atoms with Gasteiger partial charge in [-0.25, -0.2) is 9.59 Å². The fourth-order valence-electron chi connectivity index (χ4n) is 3.52. The Hall–Kier alpha value is -3.79. The van der Waals surface area contributed by atoms with Crippen LogP contribution in [0, 0.1) is 6.92 Å². The van der Waals surface area contributed by atoms with Gasteiger partial charge in [-0.1, -0.05) is 24.3 Å². The van der Waals surface area contributed by atoms with Crippen LogP contribution in [0.2, 0.25) is 0 Å². The molecule has 2 aromatic carbocycles. The molecule has 184 valence electrons. The van der Waals surface area contributed by atoms with Gasteiger partial charge in [-0.15, -0.1) is 0 Å². The Balaban J connectivity index is 0.000000604. The number of carbonyl (C=O) groups excluding carboxylic acids is 1. The molecule has 1 fully saturated rings. The summed E-state index contributed by atoms with van der Waals surface area (Å²) < 4.78 is 16.1. The molecule has 2 N–H and O–H groups in total. The Morgan fingerprint density at radius 3 is 1.82 bits per heavy atom. The minimum Gasteiger partial charge on any atom is -0.493 e. The largest absolute Gasteiger partial charge is 0.493 e. The molecule has 0 bridgehead atoms. The van der Waals surface area contributed by atoms with E-state index in [1.807, 2.05) is 4.90 Å². The van der Waals surface area contributed by atoms with Gasteiger partial charge < -0.3 is 29.3 Å². The fourth-order valence-corrected chi connectivity index (χ4v) is 3.52. The average molecular weight is 475 g/mol. The summed E-state index contributed by atoms with van der Waals surface area (Å²) in [6.07, 6.45) is 0. The SMILES string of the molecule is COc1cc(C(=O)N2CCN(Cc3ccccc3C)CC2)cc(OC)c1OC.O=C(O)C(=O)O. The summed E-state index contributed by atoms with van der Waals surface area (Å²) >= 11 is 0. The van der Waals surface area contributed by atoms with Crippen molar-refractivity contribution in [2.75, 3.05) is 47.5 Å². The number of amides is 1. The van der Waals surface area contributed by atoms with Crippen molar-refractivity contribution in [3.63, 3.8) is 0 Å². The van der Waals surface area contributed by atoms with Crippen LogP contribution < -0.4 is 14.2 Å². The molecule has 0 unspecified atom stereocenters. The van der Waals surface area contributed by atoms with Crippen LogP contribution in [0.4, 0.5) is 0 Å². The number of carboxylic acids is 2. The normalized spacial score (nSPS) is 13.4. The van der Waals surface area contributed by atoms with Gasteiger partial charge in [0, 0.05) is 38.3 Å². The van der Waals surface area contributed by atoms with E-state index in [9.17, 15) is 4.79 Å². The summed E-state index contributed by atoms with van der Waals surface area (Å²) in [5, 5.41) is 14.8. The first-order chi connectivity index (χ1) is 16.2. The van der Waals surface area contributed by atoms with Crippen molar-refractivity contribution in [1.29, 1.82) is 0 Å². The van der Waals surface area contributed by atoms with Gasteiger partial charge in [-0.3, -0.25) is 9.69 Å². The number of carbonyl (C=O) groups is 3. The molecule has 1 aliphatic heterocycles. The Labute approximate surface area is 198 Å². The number of methoxy groups -OCH3 is 3. The fraction of sp³-hybridized carbons (Fsp3) is 0.375. The van der Waals surface area contributed by atoms with Crippen molar-refractivity contribution < 1.29 is 38.8 Å². The molecule has 10 nitrogen and oxygen atoms in total. The van der Waals surface area contributed by atoms with Crippen molar-refractivity contribution in [2.45, 2.75) is 13.5 Å². The van der Waals surface area contributed by atoms with Crippen LogP contribution in [0.15, 0.2) is 36.4 Å². The number of nitrogens with zero attached hydrogens (tertiary/aromatic N) is 2. The summed E-state index contributed by atoms with van der Waals surface area (Å²) in [6.45, 7) is 6.15. The highest BCUT2D eigenvalue weighted by Gasteiger charge is 2.25. The third kappa shape index (κ3) is 6.85. The van der Waals surface area contributed by atoms with Gasteiger partial charge in [0.2, 0.25) is 5.75 Å². The van der Waals surface area contributed by atoms with Gasteiger partial charge in [-0.2, -0.15) is 0 Å². The second-order valence-electron chi connectivity index (χ2n) is 7.52. The van der Waals surface area contributed by atoms with Crippen molar-refractivity contribution in [3.8, 4) is 17.2 Å². The van der Waals surface area contributed by atoms with Crippen LogP contribution in [-0.2, 0) is 16.1 Å². The van der Waals surface area contributed by atoms with Crippen LogP contribution in [0.1, 0.15) is 21.5 Å². The Kier molecular flexibility index (Phi) is 9.69. The first-order valence-corrected chi connectivity index (χ1v) is 10.5. The Bertz CT molecular complexity index is 979. The van der Waals surface area contributed by atoms with E-state index in [4.69, 9.17) is 34.0 Å². The summed E-state index contributed by atoms with van der Waals surface area (Å²) in [4.78, 5) is 35.5. The quantitative estimate of drug-likeness (QED) is 0.606. The van der Waals surface area contributed by atoms with E-state index >= 15 is 0 Å². The molecule has 0 aromatic heterocycles. The van der Waals surface area contributed by atoms with Gasteiger partial charge >= 0.3 is 11.9 Å². The summed E-state index contributed by atoms with van der Waals surface area (Å²) in [6, 6.07) is 11.9. The van der Waals surface area contributed by atoms with Crippen molar-refractivity contribution >= 4 is 17.8 Å². The van der Waals surface area contributed by atoms with Gasteiger partial charge in [0.25, 0.3) is 5.91 Å². The minimum absolute atomic E-state index is 0.0187. The maximum atomic E-state index is 13.0. The molecule has 1 heterocycles. The predicted molar refractivity (Wildman–Crippen MR) is 124 cm³/mol.